The van der Waals surface area contributed by atoms with Crippen molar-refractivity contribution in [1.29, 1.82) is 5.26 Å². The minimum atomic E-state index is -2.70. The Balaban J connectivity index is 0.000000250. The van der Waals surface area contributed by atoms with Gasteiger partial charge in [-0.05, 0) is 126 Å². The van der Waals surface area contributed by atoms with Gasteiger partial charge in [-0.25, -0.2) is 0 Å². The summed E-state index contributed by atoms with van der Waals surface area (Å²) in [4.78, 5) is 8.76. The number of nitrogens with zero attached hydrogens (tertiary/aromatic N) is 3. The van der Waals surface area contributed by atoms with Crippen LogP contribution in [0.5, 0.6) is 0 Å². The van der Waals surface area contributed by atoms with Crippen LogP contribution in [0.15, 0.2) is 150 Å². The molecule has 1 saturated carbocycles. The number of rotatable bonds is 6. The Morgan fingerprint density at radius 2 is 1.47 bits per heavy atom. The van der Waals surface area contributed by atoms with Crippen LogP contribution < -0.4 is 0 Å². The maximum atomic E-state index is 9.32. The number of aromatic nitrogens is 2. The van der Waals surface area contributed by atoms with Crippen LogP contribution in [-0.2, 0) is 20.1 Å². The molecule has 0 saturated heterocycles. The van der Waals surface area contributed by atoms with Gasteiger partial charge in [-0.3, -0.25) is 0 Å². The zero-order valence-corrected chi connectivity index (χ0v) is 37.6. The first-order valence-corrected chi connectivity index (χ1v) is 20.8. The van der Waals surface area contributed by atoms with Gasteiger partial charge >= 0.3 is 0 Å². The molecule has 1 aliphatic rings. The number of benzene rings is 6. The molecule has 0 bridgehead atoms. The summed E-state index contributed by atoms with van der Waals surface area (Å²) in [5.74, 6) is -1.05. The number of pyridine rings is 2. The molecule has 6 aromatic carbocycles. The van der Waals surface area contributed by atoms with Crippen LogP contribution in [0.3, 0.4) is 0 Å². The molecule has 0 aliphatic heterocycles. The van der Waals surface area contributed by atoms with Crippen LogP contribution in [0, 0.1) is 56.3 Å². The fourth-order valence-corrected chi connectivity index (χ4v) is 8.19. The molecular formula is C59H51IrN3O-2. The van der Waals surface area contributed by atoms with E-state index in [4.69, 9.17) is 20.9 Å². The van der Waals surface area contributed by atoms with E-state index in [2.05, 4.69) is 42.0 Å². The molecule has 10 rings (SSSR count). The Morgan fingerprint density at radius 3 is 2.20 bits per heavy atom. The van der Waals surface area contributed by atoms with E-state index in [0.717, 1.165) is 40.3 Å². The Hall–Kier alpha value is -6.44. The maximum Gasteiger partial charge on any atom is 0.128 e. The van der Waals surface area contributed by atoms with Crippen molar-refractivity contribution in [2.75, 3.05) is 0 Å². The van der Waals surface area contributed by atoms with Crippen molar-refractivity contribution in [2.24, 2.45) is 5.41 Å². The average molecular weight is 1020 g/mol. The summed E-state index contributed by atoms with van der Waals surface area (Å²) >= 11 is 0. The van der Waals surface area contributed by atoms with Gasteiger partial charge in [0, 0.05) is 61.3 Å². The minimum Gasteiger partial charge on any atom is -0.500 e. The van der Waals surface area contributed by atoms with Gasteiger partial charge in [0.05, 0.1) is 18.6 Å². The summed E-state index contributed by atoms with van der Waals surface area (Å²) in [6, 6.07) is 44.9. The Kier molecular flexibility index (Phi) is 8.73. The second-order valence-corrected chi connectivity index (χ2v) is 16.6. The molecule has 1 fully saturated rings. The van der Waals surface area contributed by atoms with Crippen LogP contribution in [0.1, 0.15) is 98.0 Å². The van der Waals surface area contributed by atoms with Gasteiger partial charge in [0.1, 0.15) is 5.58 Å². The Bertz CT molecular complexity index is 3700. The fourth-order valence-electron chi connectivity index (χ4n) is 8.19. The van der Waals surface area contributed by atoms with E-state index >= 15 is 0 Å². The number of hydrogen-bond donors (Lipinski definition) is 0. The van der Waals surface area contributed by atoms with Gasteiger partial charge in [0.2, 0.25) is 0 Å². The molecule has 0 spiro atoms. The standard InChI is InChI=1S/C40H35N2O.C19H16N.Ir/c1-25-21-30(28-17-19-40(3,4)20-18-28)15-16-31(25)36-22-37(42-24-26(36)2)35-10-6-9-34-33-8-5-7-32(38(33)43-39(34)35)29-13-11-27(23-41)12-14-29;1-14-8-11-19(20-13-14)17-10-9-15(2)18(12-17)16-6-4-3-5-7-16;/h5-9,11-16,21-22,24,28H,17-20H2,1-4H3;3-9,11-13H,1-2H3;/q2*-1;/i1D3,2D3,16D,28D;1D3,2D3;. The van der Waals surface area contributed by atoms with E-state index in [1.165, 1.54) is 42.7 Å². The van der Waals surface area contributed by atoms with Crippen molar-refractivity contribution in [3.63, 3.8) is 0 Å². The van der Waals surface area contributed by atoms with Crippen molar-refractivity contribution in [3.8, 4) is 62.0 Å². The number of fused-ring (bicyclic) bond motifs is 3. The van der Waals surface area contributed by atoms with Crippen LogP contribution in [-0.4, -0.2) is 9.97 Å². The third-order valence-corrected chi connectivity index (χ3v) is 11.8. The third kappa shape index (κ3) is 9.13. The largest absolute Gasteiger partial charge is 0.500 e. The molecule has 64 heavy (non-hydrogen) atoms. The predicted octanol–water partition coefficient (Wildman–Crippen LogP) is 15.8. The van der Waals surface area contributed by atoms with Gasteiger partial charge in [-0.1, -0.05) is 134 Å². The summed E-state index contributed by atoms with van der Waals surface area (Å²) in [6.07, 6.45) is 5.19. The molecule has 3 aromatic heterocycles. The minimum absolute atomic E-state index is 0. The van der Waals surface area contributed by atoms with Crippen molar-refractivity contribution < 1.29 is 43.7 Å². The summed E-state index contributed by atoms with van der Waals surface area (Å²) in [7, 11) is 0. The predicted molar refractivity (Wildman–Crippen MR) is 259 cm³/mol. The number of nitriles is 1. The SMILES string of the molecule is [2H]C([2H])([2H])c1ccc(-c2[c-]cc(C([2H])([2H])[2H])c(-c3ccccc3)c2)nc1.[2H]c1cc(C2([2H])CCC(C)(C)CC2)cc(C([2H])([2H])[2H])c1-c1cc(-c2[c-]ccc3c2oc2c(-c4ccc(C#N)cc4)cccc23)ncc1C([2H])([2H])[2H].[Ir]. The number of furan rings is 1. The van der Waals surface area contributed by atoms with Crippen molar-refractivity contribution >= 4 is 21.9 Å². The van der Waals surface area contributed by atoms with Crippen LogP contribution in [0.2, 0.25) is 0 Å². The summed E-state index contributed by atoms with van der Waals surface area (Å²) in [6.45, 7) is -5.53. The number of aryl methyl sites for hydroxylation is 4. The van der Waals surface area contributed by atoms with Gasteiger partial charge < -0.3 is 14.4 Å². The first-order chi connectivity index (χ1) is 36.1. The van der Waals surface area contributed by atoms with Crippen LogP contribution in [0.4, 0.5) is 0 Å². The van der Waals surface area contributed by atoms with Gasteiger partial charge in [0.25, 0.3) is 0 Å². The molecular weight excluding hydrogens is 959 g/mol. The summed E-state index contributed by atoms with van der Waals surface area (Å²) < 4.78 is 121. The maximum absolute atomic E-state index is 9.32. The van der Waals surface area contributed by atoms with E-state index in [9.17, 15) is 8.00 Å². The van der Waals surface area contributed by atoms with Crippen molar-refractivity contribution in [2.45, 2.75) is 72.8 Å². The molecule has 5 heteroatoms. The molecule has 0 amide bonds. The first-order valence-electron chi connectivity index (χ1n) is 27.8. The van der Waals surface area contributed by atoms with E-state index in [1.54, 1.807) is 30.3 Å². The fraction of sp³-hybridized carbons (Fsp3) is 0.203. The molecule has 9 aromatic rings. The van der Waals surface area contributed by atoms with Gasteiger partial charge in [0.15, 0.2) is 0 Å². The third-order valence-electron chi connectivity index (χ3n) is 11.8. The van der Waals surface area contributed by atoms with Gasteiger partial charge in [-0.15, -0.1) is 47.5 Å². The zero-order chi connectivity index (χ0) is 55.5. The van der Waals surface area contributed by atoms with E-state index in [0.29, 0.717) is 63.2 Å². The number of hydrogen-bond acceptors (Lipinski definition) is 4. The van der Waals surface area contributed by atoms with E-state index < -0.39 is 33.3 Å². The zero-order valence-electron chi connectivity index (χ0n) is 49.2. The molecule has 0 atom stereocenters. The van der Waals surface area contributed by atoms with E-state index in [1.807, 2.05) is 66.7 Å². The Labute approximate surface area is 411 Å². The normalized spacial score (nSPS) is 18.0. The molecule has 1 radical (unpaired) electrons. The topological polar surface area (TPSA) is 62.7 Å². The second kappa shape index (κ2) is 18.7. The van der Waals surface area contributed by atoms with Crippen molar-refractivity contribution in [1.82, 2.24) is 9.97 Å². The number of para-hydroxylation sites is 1. The molecule has 1 aliphatic carbocycles. The summed E-state index contributed by atoms with van der Waals surface area (Å²) in [5, 5.41) is 10.9. The monoisotopic (exact) mass is 1020 g/mol. The Morgan fingerprint density at radius 1 is 0.703 bits per heavy atom. The van der Waals surface area contributed by atoms with E-state index in [-0.39, 0.29) is 64.9 Å². The quantitative estimate of drug-likeness (QED) is 0.156. The van der Waals surface area contributed by atoms with Crippen molar-refractivity contribution in [3.05, 3.63) is 191 Å². The smallest absolute Gasteiger partial charge is 0.128 e. The molecule has 0 N–H and O–H groups in total. The van der Waals surface area contributed by atoms with Crippen LogP contribution in [0.25, 0.3) is 77.8 Å². The summed E-state index contributed by atoms with van der Waals surface area (Å²) in [5.41, 5.74) is 7.15. The second-order valence-electron chi connectivity index (χ2n) is 16.6. The molecule has 4 nitrogen and oxygen atoms in total. The molecule has 0 unspecified atom stereocenters. The van der Waals surface area contributed by atoms with Gasteiger partial charge in [-0.2, -0.15) is 5.26 Å². The molecule has 3 heterocycles. The molecule has 319 valence electrons. The van der Waals surface area contributed by atoms with Crippen LogP contribution >= 0.6 is 0 Å². The first kappa shape index (κ1) is 29.8. The average Bonchev–Trinajstić information content (AvgIpc) is 3.99.